The normalized spacial score (nSPS) is 12.4. The number of benzene rings is 1. The van der Waals surface area contributed by atoms with E-state index in [-0.39, 0.29) is 5.92 Å². The number of nitrogens with one attached hydrogen (secondary N) is 1. The van der Waals surface area contributed by atoms with Crippen molar-refractivity contribution in [2.24, 2.45) is 5.92 Å². The highest BCUT2D eigenvalue weighted by molar-refractivity contribution is 5.24. The van der Waals surface area contributed by atoms with Gasteiger partial charge < -0.3 is 5.32 Å². The van der Waals surface area contributed by atoms with Gasteiger partial charge in [0, 0.05) is 6.54 Å². The lowest BCUT2D eigenvalue weighted by Crippen LogP contribution is -2.22. The van der Waals surface area contributed by atoms with Gasteiger partial charge >= 0.3 is 0 Å². The predicted octanol–water partition coefficient (Wildman–Crippen LogP) is 2.93. The second-order valence-electron chi connectivity index (χ2n) is 4.48. The molecule has 0 amide bonds. The highest BCUT2D eigenvalue weighted by atomic mass is 14.9. The molecule has 1 N–H and O–H groups in total. The zero-order valence-electron chi connectivity index (χ0n) is 10.1. The monoisotopic (exact) mass is 216 g/mol. The summed E-state index contributed by atoms with van der Waals surface area (Å²) >= 11 is 0. The van der Waals surface area contributed by atoms with E-state index in [1.165, 1.54) is 0 Å². The van der Waals surface area contributed by atoms with Gasteiger partial charge in [-0.2, -0.15) is 5.26 Å². The van der Waals surface area contributed by atoms with Crippen molar-refractivity contribution < 1.29 is 0 Å². The molecule has 0 heterocycles. The first-order valence-electron chi connectivity index (χ1n) is 5.89. The number of nitriles is 1. The van der Waals surface area contributed by atoms with Crippen LogP contribution in [-0.2, 0) is 0 Å². The largest absolute Gasteiger partial charge is 0.315 e. The van der Waals surface area contributed by atoms with Crippen LogP contribution in [0.3, 0.4) is 0 Å². The maximum absolute atomic E-state index is 9.10. The molecule has 86 valence electrons. The van der Waals surface area contributed by atoms with Crippen LogP contribution in [-0.4, -0.2) is 13.1 Å². The minimum absolute atomic E-state index is 0.0339. The van der Waals surface area contributed by atoms with Gasteiger partial charge in [0.25, 0.3) is 0 Å². The van der Waals surface area contributed by atoms with E-state index in [2.05, 4.69) is 25.2 Å². The molecule has 1 unspecified atom stereocenters. The topological polar surface area (TPSA) is 35.8 Å². The molecule has 0 aliphatic heterocycles. The van der Waals surface area contributed by atoms with Crippen LogP contribution in [0.2, 0.25) is 0 Å². The number of rotatable bonds is 6. The Balaban J connectivity index is 2.37. The highest BCUT2D eigenvalue weighted by Gasteiger charge is 2.08. The molecule has 0 saturated carbocycles. The van der Waals surface area contributed by atoms with Crippen LogP contribution in [0.4, 0.5) is 0 Å². The number of hydrogen-bond donors (Lipinski definition) is 1. The van der Waals surface area contributed by atoms with Crippen molar-refractivity contribution >= 4 is 0 Å². The molecule has 1 aromatic rings. The van der Waals surface area contributed by atoms with E-state index in [0.717, 1.165) is 25.1 Å². The molecule has 0 fully saturated rings. The Kier molecular flexibility index (Phi) is 5.60. The summed E-state index contributed by atoms with van der Waals surface area (Å²) in [5.74, 6) is 0.679. The second-order valence-corrected chi connectivity index (χ2v) is 4.48. The fraction of sp³-hybridized carbons (Fsp3) is 0.500. The predicted molar refractivity (Wildman–Crippen MR) is 67.1 cm³/mol. The van der Waals surface area contributed by atoms with Gasteiger partial charge in [0.15, 0.2) is 0 Å². The Morgan fingerprint density at radius 2 is 1.94 bits per heavy atom. The molecule has 1 rings (SSSR count). The Morgan fingerprint density at radius 1 is 1.25 bits per heavy atom. The first-order valence-corrected chi connectivity index (χ1v) is 5.89. The SMILES string of the molecule is CC(C)CCNCC(C#N)c1ccccc1. The van der Waals surface area contributed by atoms with Crippen molar-refractivity contribution in [3.8, 4) is 6.07 Å². The average molecular weight is 216 g/mol. The molecule has 0 aliphatic rings. The van der Waals surface area contributed by atoms with E-state index in [1.807, 2.05) is 30.3 Å². The summed E-state index contributed by atoms with van der Waals surface area (Å²) in [5, 5.41) is 12.4. The molecule has 0 radical (unpaired) electrons. The summed E-state index contributed by atoms with van der Waals surface area (Å²) in [6.07, 6.45) is 1.16. The Bertz CT molecular complexity index is 324. The molecule has 0 saturated heterocycles. The first kappa shape index (κ1) is 12.7. The second kappa shape index (κ2) is 7.03. The summed E-state index contributed by atoms with van der Waals surface area (Å²) in [6, 6.07) is 12.3. The van der Waals surface area contributed by atoms with E-state index in [0.29, 0.717) is 5.92 Å². The van der Waals surface area contributed by atoms with E-state index >= 15 is 0 Å². The zero-order chi connectivity index (χ0) is 11.8. The number of hydrogen-bond acceptors (Lipinski definition) is 2. The molecule has 0 aromatic heterocycles. The standard InChI is InChI=1S/C14H20N2/c1-12(2)8-9-16-11-14(10-15)13-6-4-3-5-7-13/h3-7,12,14,16H,8-9,11H2,1-2H3. The van der Waals surface area contributed by atoms with Crippen LogP contribution in [0.1, 0.15) is 31.7 Å². The Labute approximate surface area is 98.3 Å². The lowest BCUT2D eigenvalue weighted by molar-refractivity contribution is 0.532. The summed E-state index contributed by atoms with van der Waals surface area (Å²) in [7, 11) is 0. The molecule has 16 heavy (non-hydrogen) atoms. The molecule has 1 aromatic carbocycles. The molecule has 1 atom stereocenters. The van der Waals surface area contributed by atoms with E-state index < -0.39 is 0 Å². The fourth-order valence-corrected chi connectivity index (χ4v) is 1.56. The molecule has 0 bridgehead atoms. The fourth-order valence-electron chi connectivity index (χ4n) is 1.56. The van der Waals surface area contributed by atoms with Gasteiger partial charge in [0.05, 0.1) is 12.0 Å². The zero-order valence-corrected chi connectivity index (χ0v) is 10.1. The lowest BCUT2D eigenvalue weighted by atomic mass is 10.0. The van der Waals surface area contributed by atoms with Crippen molar-refractivity contribution in [1.82, 2.24) is 5.32 Å². The average Bonchev–Trinajstić information content (AvgIpc) is 2.30. The summed E-state index contributed by atoms with van der Waals surface area (Å²) in [6.45, 7) is 6.15. The summed E-state index contributed by atoms with van der Waals surface area (Å²) in [4.78, 5) is 0. The maximum atomic E-state index is 9.10. The van der Waals surface area contributed by atoms with Gasteiger partial charge in [-0.25, -0.2) is 0 Å². The smallest absolute Gasteiger partial charge is 0.0837 e. The minimum atomic E-state index is -0.0339. The molecule has 0 aliphatic carbocycles. The Hall–Kier alpha value is -1.33. The minimum Gasteiger partial charge on any atom is -0.315 e. The van der Waals surface area contributed by atoms with Crippen LogP contribution in [0.15, 0.2) is 30.3 Å². The molecular formula is C14H20N2. The van der Waals surface area contributed by atoms with Crippen molar-refractivity contribution in [3.63, 3.8) is 0 Å². The van der Waals surface area contributed by atoms with Crippen molar-refractivity contribution in [2.45, 2.75) is 26.2 Å². The van der Waals surface area contributed by atoms with Gasteiger partial charge in [-0.3, -0.25) is 0 Å². The highest BCUT2D eigenvalue weighted by Crippen LogP contribution is 2.13. The maximum Gasteiger partial charge on any atom is 0.0837 e. The third-order valence-corrected chi connectivity index (χ3v) is 2.60. The van der Waals surface area contributed by atoms with Gasteiger partial charge in [0.2, 0.25) is 0 Å². The number of nitrogens with zero attached hydrogens (tertiary/aromatic N) is 1. The third-order valence-electron chi connectivity index (χ3n) is 2.60. The van der Waals surface area contributed by atoms with Gasteiger partial charge in [-0.15, -0.1) is 0 Å². The van der Waals surface area contributed by atoms with E-state index in [9.17, 15) is 0 Å². The van der Waals surface area contributed by atoms with Gasteiger partial charge in [0.1, 0.15) is 0 Å². The molecule has 0 spiro atoms. The van der Waals surface area contributed by atoms with Crippen LogP contribution in [0.5, 0.6) is 0 Å². The van der Waals surface area contributed by atoms with E-state index in [1.54, 1.807) is 0 Å². The van der Waals surface area contributed by atoms with Crippen LogP contribution >= 0.6 is 0 Å². The Morgan fingerprint density at radius 3 is 2.50 bits per heavy atom. The molecule has 2 nitrogen and oxygen atoms in total. The van der Waals surface area contributed by atoms with Crippen LogP contribution in [0.25, 0.3) is 0 Å². The van der Waals surface area contributed by atoms with Gasteiger partial charge in [-0.05, 0) is 24.4 Å². The van der Waals surface area contributed by atoms with Crippen LogP contribution in [0, 0.1) is 17.2 Å². The van der Waals surface area contributed by atoms with E-state index in [4.69, 9.17) is 5.26 Å². The third kappa shape index (κ3) is 4.46. The van der Waals surface area contributed by atoms with Crippen molar-refractivity contribution in [3.05, 3.63) is 35.9 Å². The lowest BCUT2D eigenvalue weighted by Gasteiger charge is -2.11. The summed E-state index contributed by atoms with van der Waals surface area (Å²) < 4.78 is 0. The summed E-state index contributed by atoms with van der Waals surface area (Å²) in [5.41, 5.74) is 1.10. The molecular weight excluding hydrogens is 196 g/mol. The van der Waals surface area contributed by atoms with Gasteiger partial charge in [-0.1, -0.05) is 44.2 Å². The van der Waals surface area contributed by atoms with Crippen molar-refractivity contribution in [1.29, 1.82) is 5.26 Å². The van der Waals surface area contributed by atoms with Crippen LogP contribution < -0.4 is 5.32 Å². The first-order chi connectivity index (χ1) is 7.74. The van der Waals surface area contributed by atoms with Crippen molar-refractivity contribution in [2.75, 3.05) is 13.1 Å². The quantitative estimate of drug-likeness (QED) is 0.742. The molecule has 2 heteroatoms.